The molecule has 2 rings (SSSR count). The van der Waals surface area contributed by atoms with E-state index in [-0.39, 0.29) is 12.5 Å². The molecule has 5 nitrogen and oxygen atoms in total. The molecule has 0 unspecified atom stereocenters. The molecule has 1 aromatic rings. The summed E-state index contributed by atoms with van der Waals surface area (Å²) in [6, 6.07) is 8.14. The third-order valence-corrected chi connectivity index (χ3v) is 2.93. The number of ether oxygens (including phenoxy) is 1. The van der Waals surface area contributed by atoms with Crippen LogP contribution in [-0.4, -0.2) is 37.0 Å². The molecule has 0 fully saturated rings. The van der Waals surface area contributed by atoms with Crippen LogP contribution in [0.1, 0.15) is 11.1 Å². The van der Waals surface area contributed by atoms with Gasteiger partial charge in [0.15, 0.2) is 0 Å². The van der Waals surface area contributed by atoms with Crippen molar-refractivity contribution in [1.82, 2.24) is 10.2 Å². The summed E-state index contributed by atoms with van der Waals surface area (Å²) >= 11 is 0. The van der Waals surface area contributed by atoms with Crippen LogP contribution in [0.4, 0.5) is 0 Å². The summed E-state index contributed by atoms with van der Waals surface area (Å²) in [7, 11) is 1.30. The van der Waals surface area contributed by atoms with E-state index in [2.05, 4.69) is 22.2 Å². The van der Waals surface area contributed by atoms with Crippen molar-refractivity contribution in [3.8, 4) is 0 Å². The molecule has 0 aromatic heterocycles. The number of benzene rings is 1. The fraction of sp³-hybridized carbons (Fsp3) is 0.385. The largest absolute Gasteiger partial charge is 0.468 e. The average molecular weight is 248 g/mol. The third kappa shape index (κ3) is 3.07. The average Bonchev–Trinajstić information content (AvgIpc) is 2.77. The first-order chi connectivity index (χ1) is 8.69. The molecule has 0 saturated heterocycles. The Balaban J connectivity index is 1.79. The highest BCUT2D eigenvalue weighted by atomic mass is 16.5. The quantitative estimate of drug-likeness (QED) is 0.778. The molecule has 1 amide bonds. The van der Waals surface area contributed by atoms with E-state index in [0.717, 1.165) is 13.1 Å². The zero-order valence-electron chi connectivity index (χ0n) is 10.3. The lowest BCUT2D eigenvalue weighted by molar-refractivity contribution is -0.141. The Bertz CT molecular complexity index is 434. The summed E-state index contributed by atoms with van der Waals surface area (Å²) in [5.74, 6) is -0.596. The van der Waals surface area contributed by atoms with Crippen LogP contribution >= 0.6 is 0 Å². The van der Waals surface area contributed by atoms with Gasteiger partial charge in [-0.15, -0.1) is 0 Å². The Morgan fingerprint density at radius 1 is 1.28 bits per heavy atom. The summed E-state index contributed by atoms with van der Waals surface area (Å²) in [5, 5.41) is 2.53. The molecule has 0 radical (unpaired) electrons. The second-order valence-electron chi connectivity index (χ2n) is 4.27. The maximum atomic E-state index is 11.6. The molecular weight excluding hydrogens is 232 g/mol. The molecule has 0 atom stereocenters. The summed E-state index contributed by atoms with van der Waals surface area (Å²) < 4.78 is 4.45. The van der Waals surface area contributed by atoms with Gasteiger partial charge in [-0.05, 0) is 11.1 Å². The summed E-state index contributed by atoms with van der Waals surface area (Å²) in [6.45, 7) is 1.78. The topological polar surface area (TPSA) is 58.6 Å². The summed E-state index contributed by atoms with van der Waals surface area (Å²) in [4.78, 5) is 24.5. The van der Waals surface area contributed by atoms with E-state index >= 15 is 0 Å². The highest BCUT2D eigenvalue weighted by Gasteiger charge is 2.20. The number of nitrogens with zero attached hydrogens (tertiary/aromatic N) is 1. The molecule has 0 bridgehead atoms. The molecule has 1 aliphatic rings. The smallest absolute Gasteiger partial charge is 0.325 e. The number of carbonyl (C=O) groups is 2. The van der Waals surface area contributed by atoms with Gasteiger partial charge < -0.3 is 10.1 Å². The second-order valence-corrected chi connectivity index (χ2v) is 4.27. The van der Waals surface area contributed by atoms with E-state index in [1.54, 1.807) is 0 Å². The minimum atomic E-state index is -0.437. The normalized spacial score (nSPS) is 14.1. The predicted octanol–water partition coefficient (Wildman–Crippen LogP) is 0.291. The number of carbonyl (C=O) groups excluding carboxylic acids is 2. The van der Waals surface area contributed by atoms with Gasteiger partial charge in [0.05, 0.1) is 13.7 Å². The number of esters is 1. The number of hydrogen-bond acceptors (Lipinski definition) is 4. The number of hydrogen-bond donors (Lipinski definition) is 1. The van der Waals surface area contributed by atoms with Gasteiger partial charge in [-0.1, -0.05) is 24.3 Å². The van der Waals surface area contributed by atoms with Gasteiger partial charge in [0, 0.05) is 13.1 Å². The molecule has 96 valence electrons. The van der Waals surface area contributed by atoms with E-state index in [1.165, 1.54) is 18.2 Å². The van der Waals surface area contributed by atoms with Crippen LogP contribution in [0.15, 0.2) is 24.3 Å². The Labute approximate surface area is 106 Å². The van der Waals surface area contributed by atoms with Crippen molar-refractivity contribution in [3.63, 3.8) is 0 Å². The molecule has 5 heteroatoms. The zero-order chi connectivity index (χ0) is 13.0. The minimum absolute atomic E-state index is 0.0733. The monoisotopic (exact) mass is 248 g/mol. The van der Waals surface area contributed by atoms with Gasteiger partial charge in [-0.3, -0.25) is 14.5 Å². The molecule has 0 aliphatic carbocycles. The van der Waals surface area contributed by atoms with Crippen molar-refractivity contribution >= 4 is 11.9 Å². The van der Waals surface area contributed by atoms with Gasteiger partial charge in [0.25, 0.3) is 0 Å². The number of methoxy groups -OCH3 is 1. The Morgan fingerprint density at radius 3 is 2.44 bits per heavy atom. The number of fused-ring (bicyclic) bond motifs is 1. The van der Waals surface area contributed by atoms with Crippen LogP contribution in [0.3, 0.4) is 0 Å². The first-order valence-electron chi connectivity index (χ1n) is 5.81. The zero-order valence-corrected chi connectivity index (χ0v) is 10.3. The van der Waals surface area contributed by atoms with Crippen LogP contribution in [0.25, 0.3) is 0 Å². The Hall–Kier alpha value is -1.88. The van der Waals surface area contributed by atoms with Crippen molar-refractivity contribution in [2.45, 2.75) is 13.1 Å². The molecule has 1 aliphatic heterocycles. The highest BCUT2D eigenvalue weighted by molar-refractivity contribution is 5.83. The van der Waals surface area contributed by atoms with Crippen molar-refractivity contribution in [2.24, 2.45) is 0 Å². The molecule has 1 heterocycles. The lowest BCUT2D eigenvalue weighted by Crippen LogP contribution is -2.37. The van der Waals surface area contributed by atoms with Gasteiger partial charge in [0.2, 0.25) is 5.91 Å². The van der Waals surface area contributed by atoms with Gasteiger partial charge in [0.1, 0.15) is 6.54 Å². The maximum Gasteiger partial charge on any atom is 0.325 e. The Morgan fingerprint density at radius 2 is 1.89 bits per heavy atom. The van der Waals surface area contributed by atoms with Crippen molar-refractivity contribution in [3.05, 3.63) is 35.4 Å². The molecule has 0 saturated carbocycles. The van der Waals surface area contributed by atoms with Crippen molar-refractivity contribution < 1.29 is 14.3 Å². The second kappa shape index (κ2) is 5.64. The molecular formula is C13H16N2O3. The van der Waals surface area contributed by atoms with Crippen LogP contribution in [0.2, 0.25) is 0 Å². The first kappa shape index (κ1) is 12.6. The third-order valence-electron chi connectivity index (χ3n) is 2.93. The van der Waals surface area contributed by atoms with Crippen LogP contribution in [0.5, 0.6) is 0 Å². The van der Waals surface area contributed by atoms with Gasteiger partial charge in [-0.25, -0.2) is 0 Å². The molecule has 1 N–H and O–H groups in total. The highest BCUT2D eigenvalue weighted by Crippen LogP contribution is 2.21. The Kier molecular flexibility index (Phi) is 3.94. The molecule has 1 aromatic carbocycles. The molecule has 0 spiro atoms. The number of nitrogens with one attached hydrogen (secondary N) is 1. The van der Waals surface area contributed by atoms with Crippen LogP contribution in [0, 0.1) is 0 Å². The summed E-state index contributed by atoms with van der Waals surface area (Å²) in [5.41, 5.74) is 2.52. The maximum absolute atomic E-state index is 11.6. The fourth-order valence-electron chi connectivity index (χ4n) is 2.02. The van der Waals surface area contributed by atoms with E-state index < -0.39 is 5.97 Å². The van der Waals surface area contributed by atoms with Gasteiger partial charge >= 0.3 is 5.97 Å². The SMILES string of the molecule is COC(=O)CNC(=O)CN1Cc2ccccc2C1. The standard InChI is InChI=1S/C13H16N2O3/c1-18-13(17)6-14-12(16)9-15-7-10-4-2-3-5-11(10)8-15/h2-5H,6-9H2,1H3,(H,14,16). The summed E-state index contributed by atoms with van der Waals surface area (Å²) in [6.07, 6.45) is 0. The van der Waals surface area contributed by atoms with Crippen molar-refractivity contribution in [2.75, 3.05) is 20.2 Å². The fourth-order valence-corrected chi connectivity index (χ4v) is 2.02. The van der Waals surface area contributed by atoms with E-state index in [1.807, 2.05) is 17.0 Å². The molecule has 18 heavy (non-hydrogen) atoms. The van der Waals surface area contributed by atoms with E-state index in [0.29, 0.717) is 6.54 Å². The first-order valence-corrected chi connectivity index (χ1v) is 5.81. The van der Waals surface area contributed by atoms with Crippen molar-refractivity contribution in [1.29, 1.82) is 0 Å². The predicted molar refractivity (Wildman–Crippen MR) is 65.6 cm³/mol. The van der Waals surface area contributed by atoms with E-state index in [9.17, 15) is 9.59 Å². The van der Waals surface area contributed by atoms with E-state index in [4.69, 9.17) is 0 Å². The lowest BCUT2D eigenvalue weighted by Gasteiger charge is -2.13. The van der Waals surface area contributed by atoms with Crippen LogP contribution in [-0.2, 0) is 27.4 Å². The van der Waals surface area contributed by atoms with Gasteiger partial charge in [-0.2, -0.15) is 0 Å². The minimum Gasteiger partial charge on any atom is -0.468 e. The number of rotatable bonds is 4. The van der Waals surface area contributed by atoms with Crippen LogP contribution < -0.4 is 5.32 Å². The lowest BCUT2D eigenvalue weighted by atomic mass is 10.1. The number of amides is 1.